The number of nitrogens with zero attached hydrogens (tertiary/aromatic N) is 2. The molecule has 1 aliphatic heterocycles. The maximum absolute atomic E-state index is 13.4. The molecule has 0 saturated carbocycles. The normalized spacial score (nSPS) is 15.7. The van der Waals surface area contributed by atoms with Crippen LogP contribution in [0.1, 0.15) is 48.8 Å². The van der Waals surface area contributed by atoms with E-state index in [0.717, 1.165) is 47.2 Å². The minimum absolute atomic E-state index is 0.421. The average molecular weight is 515 g/mol. The van der Waals surface area contributed by atoms with Crippen molar-refractivity contribution in [2.75, 3.05) is 26.7 Å². The summed E-state index contributed by atoms with van der Waals surface area (Å²) in [7, 11) is 1.63. The quantitative estimate of drug-likeness (QED) is 0.332. The van der Waals surface area contributed by atoms with Gasteiger partial charge in [-0.1, -0.05) is 0 Å². The number of rotatable bonds is 10. The largest absolute Gasteiger partial charge is 0.497 e. The highest BCUT2D eigenvalue weighted by Crippen LogP contribution is 2.38. The number of ether oxygens (including phenoxy) is 1. The average Bonchev–Trinajstić information content (AvgIpc) is 2.89. The van der Waals surface area contributed by atoms with Crippen LogP contribution in [0.2, 0.25) is 0 Å². The monoisotopic (exact) mass is 514 g/mol. The second kappa shape index (κ2) is 11.5. The molecule has 1 N–H and O–H groups in total. The first-order chi connectivity index (χ1) is 17.7. The molecule has 198 valence electrons. The molecule has 37 heavy (non-hydrogen) atoms. The van der Waals surface area contributed by atoms with Crippen molar-refractivity contribution >= 4 is 16.9 Å². The fourth-order valence-electron chi connectivity index (χ4n) is 5.42. The van der Waals surface area contributed by atoms with Crippen molar-refractivity contribution in [3.05, 3.63) is 70.7 Å². The number of aliphatic carboxylic acids is 1. The van der Waals surface area contributed by atoms with Crippen molar-refractivity contribution in [1.29, 1.82) is 0 Å². The van der Waals surface area contributed by atoms with E-state index in [1.165, 1.54) is 5.56 Å². The molecule has 1 aromatic heterocycles. The van der Waals surface area contributed by atoms with Gasteiger partial charge in [-0.2, -0.15) is 0 Å². The van der Waals surface area contributed by atoms with Gasteiger partial charge >= 0.3 is 5.97 Å². The Morgan fingerprint density at radius 3 is 2.43 bits per heavy atom. The maximum Gasteiger partial charge on any atom is 0.309 e. The number of methoxy groups -OCH3 is 1. The van der Waals surface area contributed by atoms with Gasteiger partial charge in [-0.15, -0.1) is 0 Å². The first kappa shape index (κ1) is 26.9. The van der Waals surface area contributed by atoms with E-state index in [1.54, 1.807) is 7.11 Å². The molecule has 0 bridgehead atoms. The Hall–Kier alpha value is -3.13. The number of carboxylic acid groups (broad SMARTS) is 1. The van der Waals surface area contributed by atoms with Gasteiger partial charge in [0.2, 0.25) is 0 Å². The van der Waals surface area contributed by atoms with Crippen LogP contribution in [0.5, 0.6) is 5.75 Å². The third-order valence-electron chi connectivity index (χ3n) is 7.73. The van der Waals surface area contributed by atoms with E-state index in [0.29, 0.717) is 57.3 Å². The third-order valence-corrected chi connectivity index (χ3v) is 7.73. The molecule has 2 heterocycles. The molecule has 0 radical (unpaired) electrons. The van der Waals surface area contributed by atoms with Crippen molar-refractivity contribution in [2.24, 2.45) is 5.41 Å². The molecule has 0 atom stereocenters. The number of hydrogen-bond acceptors (Lipinski definition) is 4. The standard InChI is InChI=1S/C29H33F3N2O3/c1-19-18-33-26-8-7-21(37-2)17-23(26)22(19)6-3-9-29(28(35)36)10-13-34(14-11-29)12-4-5-20-15-24(30)27(32)25(31)16-20/h7-8,15-18H,3-6,9-14H2,1-2H3,(H,35,36). The Bertz CT molecular complexity index is 1250. The summed E-state index contributed by atoms with van der Waals surface area (Å²) in [6.07, 6.45) is 6.19. The Morgan fingerprint density at radius 2 is 1.78 bits per heavy atom. The van der Waals surface area contributed by atoms with Crippen LogP contribution in [-0.4, -0.2) is 47.7 Å². The zero-order valence-corrected chi connectivity index (χ0v) is 21.3. The van der Waals surface area contributed by atoms with Gasteiger partial charge in [-0.25, -0.2) is 13.2 Å². The molecule has 0 aliphatic carbocycles. The topological polar surface area (TPSA) is 62.7 Å². The molecule has 4 rings (SSSR count). The lowest BCUT2D eigenvalue weighted by atomic mass is 9.74. The number of likely N-dealkylation sites (tertiary alicyclic amines) is 1. The van der Waals surface area contributed by atoms with Gasteiger partial charge < -0.3 is 14.7 Å². The van der Waals surface area contributed by atoms with Gasteiger partial charge in [0.25, 0.3) is 0 Å². The number of aromatic nitrogens is 1. The SMILES string of the molecule is COc1ccc2ncc(C)c(CCCC3(C(=O)O)CCN(CCCc4cc(F)c(F)c(F)c4)CC3)c2c1. The Kier molecular flexibility index (Phi) is 8.37. The number of aryl methyl sites for hydroxylation is 3. The Balaban J connectivity index is 1.32. The van der Waals surface area contributed by atoms with Crippen molar-refractivity contribution in [2.45, 2.75) is 51.9 Å². The van der Waals surface area contributed by atoms with Gasteiger partial charge in [0, 0.05) is 11.6 Å². The fraction of sp³-hybridized carbons (Fsp3) is 0.448. The molecule has 1 fully saturated rings. The van der Waals surface area contributed by atoms with Crippen LogP contribution in [0.25, 0.3) is 10.9 Å². The summed E-state index contributed by atoms with van der Waals surface area (Å²) in [6, 6.07) is 7.89. The predicted octanol–water partition coefficient (Wildman–Crippen LogP) is 6.09. The molecule has 2 aromatic carbocycles. The lowest BCUT2D eigenvalue weighted by Gasteiger charge is -2.39. The van der Waals surface area contributed by atoms with Crippen LogP contribution in [0.15, 0.2) is 36.5 Å². The second-order valence-electron chi connectivity index (χ2n) is 10.1. The predicted molar refractivity (Wildman–Crippen MR) is 136 cm³/mol. The summed E-state index contributed by atoms with van der Waals surface area (Å²) in [5, 5.41) is 11.2. The van der Waals surface area contributed by atoms with Gasteiger partial charge in [0.15, 0.2) is 17.5 Å². The number of fused-ring (bicyclic) bond motifs is 1. The minimum Gasteiger partial charge on any atom is -0.497 e. The van der Waals surface area contributed by atoms with Gasteiger partial charge in [0.05, 0.1) is 18.0 Å². The van der Waals surface area contributed by atoms with Crippen molar-refractivity contribution in [3.8, 4) is 5.75 Å². The molecule has 5 nitrogen and oxygen atoms in total. The number of carboxylic acids is 1. The second-order valence-corrected chi connectivity index (χ2v) is 10.1. The molecule has 8 heteroatoms. The highest BCUT2D eigenvalue weighted by molar-refractivity contribution is 5.84. The van der Waals surface area contributed by atoms with Crippen LogP contribution < -0.4 is 4.74 Å². The lowest BCUT2D eigenvalue weighted by Crippen LogP contribution is -2.44. The van der Waals surface area contributed by atoms with E-state index in [4.69, 9.17) is 4.74 Å². The third kappa shape index (κ3) is 6.06. The lowest BCUT2D eigenvalue weighted by molar-refractivity contribution is -0.152. The highest BCUT2D eigenvalue weighted by atomic mass is 19.2. The Labute approximate surface area is 215 Å². The number of piperidine rings is 1. The number of halogens is 3. The zero-order chi connectivity index (χ0) is 26.6. The molecule has 3 aromatic rings. The summed E-state index contributed by atoms with van der Waals surface area (Å²) in [6.45, 7) is 4.04. The smallest absolute Gasteiger partial charge is 0.309 e. The van der Waals surface area contributed by atoms with Crippen molar-refractivity contribution in [3.63, 3.8) is 0 Å². The van der Waals surface area contributed by atoms with Gasteiger partial charge in [0.1, 0.15) is 5.75 Å². The van der Waals surface area contributed by atoms with Crippen molar-refractivity contribution < 1.29 is 27.8 Å². The van der Waals surface area contributed by atoms with E-state index in [-0.39, 0.29) is 0 Å². The number of carbonyl (C=O) groups is 1. The van der Waals surface area contributed by atoms with Crippen LogP contribution in [0, 0.1) is 29.8 Å². The molecular weight excluding hydrogens is 481 g/mol. The highest BCUT2D eigenvalue weighted by Gasteiger charge is 2.40. The van der Waals surface area contributed by atoms with E-state index in [1.807, 2.05) is 31.3 Å². The summed E-state index contributed by atoms with van der Waals surface area (Å²) in [4.78, 5) is 19.0. The Morgan fingerprint density at radius 1 is 1.08 bits per heavy atom. The molecule has 1 aliphatic rings. The molecule has 0 spiro atoms. The molecule has 1 saturated heterocycles. The van der Waals surface area contributed by atoms with Crippen LogP contribution in [-0.2, 0) is 17.6 Å². The summed E-state index contributed by atoms with van der Waals surface area (Å²) in [5.41, 5.74) is 2.82. The van der Waals surface area contributed by atoms with Crippen LogP contribution >= 0.6 is 0 Å². The summed E-state index contributed by atoms with van der Waals surface area (Å²) < 4.78 is 45.4. The molecule has 0 unspecified atom stereocenters. The van der Waals surface area contributed by atoms with Crippen LogP contribution in [0.3, 0.4) is 0 Å². The first-order valence-electron chi connectivity index (χ1n) is 12.7. The van der Waals surface area contributed by atoms with E-state index >= 15 is 0 Å². The van der Waals surface area contributed by atoms with Gasteiger partial charge in [-0.3, -0.25) is 9.78 Å². The van der Waals surface area contributed by atoms with Gasteiger partial charge in [-0.05, 0) is 119 Å². The van der Waals surface area contributed by atoms with Crippen molar-refractivity contribution in [1.82, 2.24) is 9.88 Å². The maximum atomic E-state index is 13.4. The van der Waals surface area contributed by atoms with E-state index in [2.05, 4.69) is 9.88 Å². The number of hydrogen-bond donors (Lipinski definition) is 1. The first-order valence-corrected chi connectivity index (χ1v) is 12.7. The van der Waals surface area contributed by atoms with Crippen LogP contribution in [0.4, 0.5) is 13.2 Å². The summed E-state index contributed by atoms with van der Waals surface area (Å²) >= 11 is 0. The van der Waals surface area contributed by atoms with E-state index in [9.17, 15) is 23.1 Å². The summed E-state index contributed by atoms with van der Waals surface area (Å²) in [5.74, 6) is -3.77. The minimum atomic E-state index is -1.45. The number of benzene rings is 2. The number of pyridine rings is 1. The molecular formula is C29H33F3N2O3. The zero-order valence-electron chi connectivity index (χ0n) is 21.3. The fourth-order valence-corrected chi connectivity index (χ4v) is 5.42. The molecule has 0 amide bonds. The van der Waals surface area contributed by atoms with E-state index < -0.39 is 28.8 Å².